The summed E-state index contributed by atoms with van der Waals surface area (Å²) in [4.78, 5) is 0. The minimum Gasteiger partial charge on any atom is -0.376 e. The number of hydrogen-bond donors (Lipinski definition) is 2. The Labute approximate surface area is 153 Å². The van der Waals surface area contributed by atoms with Crippen LogP contribution in [0.2, 0.25) is 0 Å². The lowest BCUT2D eigenvalue weighted by atomic mass is 10.0. The minimum absolute atomic E-state index is 0.0231. The number of halogens is 1. The van der Waals surface area contributed by atoms with Gasteiger partial charge in [-0.05, 0) is 6.92 Å². The lowest BCUT2D eigenvalue weighted by Gasteiger charge is -2.19. The van der Waals surface area contributed by atoms with Crippen molar-refractivity contribution in [1.29, 1.82) is 0 Å². The SMILES string of the molecule is C(OCC1CO1)C1CO1.CC1OC1Cl.CCC(O)(O)c1ccccc1. The molecule has 3 aliphatic rings. The van der Waals surface area contributed by atoms with E-state index < -0.39 is 5.79 Å². The molecule has 1 aromatic rings. The Bertz CT molecular complexity index is 472. The molecular weight excluding hydrogens is 348 g/mol. The molecule has 0 bridgehead atoms. The quantitative estimate of drug-likeness (QED) is 0.450. The van der Waals surface area contributed by atoms with Gasteiger partial charge in [0.25, 0.3) is 0 Å². The summed E-state index contributed by atoms with van der Waals surface area (Å²) in [6.07, 6.45) is 1.40. The van der Waals surface area contributed by atoms with E-state index in [1.54, 1.807) is 31.2 Å². The first-order valence-corrected chi connectivity index (χ1v) is 8.96. The summed E-state index contributed by atoms with van der Waals surface area (Å²) in [6, 6.07) is 8.81. The second-order valence-electron chi connectivity index (χ2n) is 6.18. The lowest BCUT2D eigenvalue weighted by Crippen LogP contribution is -2.23. The van der Waals surface area contributed by atoms with E-state index in [2.05, 4.69) is 4.74 Å². The third-order valence-corrected chi connectivity index (χ3v) is 4.24. The van der Waals surface area contributed by atoms with Crippen molar-refractivity contribution in [2.24, 2.45) is 0 Å². The molecule has 3 fully saturated rings. The van der Waals surface area contributed by atoms with E-state index in [4.69, 9.17) is 25.8 Å². The monoisotopic (exact) mass is 374 g/mol. The molecular formula is C18H27ClO6. The smallest absolute Gasteiger partial charge is 0.189 e. The second-order valence-corrected chi connectivity index (χ2v) is 6.61. The van der Waals surface area contributed by atoms with Crippen LogP contribution in [0.5, 0.6) is 0 Å². The lowest BCUT2D eigenvalue weighted by molar-refractivity contribution is -0.171. The Kier molecular flexibility index (Phi) is 8.09. The van der Waals surface area contributed by atoms with Gasteiger partial charge in [-0.1, -0.05) is 48.9 Å². The molecule has 3 aliphatic heterocycles. The maximum absolute atomic E-state index is 9.35. The van der Waals surface area contributed by atoms with E-state index in [0.717, 1.165) is 26.4 Å². The van der Waals surface area contributed by atoms with Crippen molar-refractivity contribution in [3.63, 3.8) is 0 Å². The fourth-order valence-electron chi connectivity index (χ4n) is 1.73. The highest BCUT2D eigenvalue weighted by Crippen LogP contribution is 2.23. The summed E-state index contributed by atoms with van der Waals surface area (Å²) in [5, 5.41) is 18.7. The van der Waals surface area contributed by atoms with Gasteiger partial charge in [-0.3, -0.25) is 0 Å². The van der Waals surface area contributed by atoms with Crippen LogP contribution in [0.25, 0.3) is 0 Å². The van der Waals surface area contributed by atoms with Gasteiger partial charge in [-0.2, -0.15) is 0 Å². The van der Waals surface area contributed by atoms with Crippen molar-refractivity contribution in [3.8, 4) is 0 Å². The fraction of sp³-hybridized carbons (Fsp3) is 0.667. The maximum atomic E-state index is 9.35. The highest BCUT2D eigenvalue weighted by atomic mass is 35.5. The summed E-state index contributed by atoms with van der Waals surface area (Å²) in [5.74, 6) is -1.67. The summed E-state index contributed by atoms with van der Waals surface area (Å²) < 4.78 is 19.8. The summed E-state index contributed by atoms with van der Waals surface area (Å²) in [7, 11) is 0. The molecule has 0 amide bonds. The van der Waals surface area contributed by atoms with Crippen LogP contribution < -0.4 is 0 Å². The molecule has 7 heteroatoms. The average Bonchev–Trinajstić information content (AvgIpc) is 3.47. The summed E-state index contributed by atoms with van der Waals surface area (Å²) in [6.45, 7) is 6.93. The van der Waals surface area contributed by atoms with E-state index in [0.29, 0.717) is 30.3 Å². The fourth-order valence-corrected chi connectivity index (χ4v) is 1.89. The normalized spacial score (nSPS) is 28.8. The predicted molar refractivity (Wildman–Crippen MR) is 93.3 cm³/mol. The van der Waals surface area contributed by atoms with E-state index in [9.17, 15) is 10.2 Å². The Hall–Kier alpha value is -0.730. The van der Waals surface area contributed by atoms with Gasteiger partial charge >= 0.3 is 0 Å². The molecule has 4 rings (SSSR count). The zero-order valence-electron chi connectivity index (χ0n) is 14.6. The average molecular weight is 375 g/mol. The van der Waals surface area contributed by atoms with Crippen molar-refractivity contribution < 1.29 is 29.2 Å². The number of benzene rings is 1. The number of hydrogen-bond acceptors (Lipinski definition) is 6. The molecule has 6 nitrogen and oxygen atoms in total. The summed E-state index contributed by atoms with van der Waals surface area (Å²) in [5.41, 5.74) is 0.567. The first-order chi connectivity index (χ1) is 11.9. The van der Waals surface area contributed by atoms with Crippen LogP contribution in [0.15, 0.2) is 30.3 Å². The minimum atomic E-state index is -1.67. The van der Waals surface area contributed by atoms with E-state index in [1.165, 1.54) is 0 Å². The number of epoxide rings is 3. The molecule has 0 spiro atoms. The number of alkyl halides is 1. The van der Waals surface area contributed by atoms with Crippen LogP contribution >= 0.6 is 11.6 Å². The van der Waals surface area contributed by atoms with Crippen LogP contribution in [0.4, 0.5) is 0 Å². The zero-order valence-corrected chi connectivity index (χ0v) is 15.4. The number of rotatable bonds is 6. The molecule has 3 heterocycles. The van der Waals surface area contributed by atoms with E-state index in [1.807, 2.05) is 13.0 Å². The van der Waals surface area contributed by atoms with Gasteiger partial charge < -0.3 is 29.2 Å². The van der Waals surface area contributed by atoms with Gasteiger partial charge in [0.05, 0.1) is 32.5 Å². The van der Waals surface area contributed by atoms with Crippen LogP contribution in [0.3, 0.4) is 0 Å². The van der Waals surface area contributed by atoms with Crippen molar-refractivity contribution in [2.45, 2.75) is 49.9 Å². The molecule has 0 radical (unpaired) electrons. The van der Waals surface area contributed by atoms with Crippen molar-refractivity contribution >= 4 is 11.6 Å². The molecule has 0 aliphatic carbocycles. The highest BCUT2D eigenvalue weighted by molar-refractivity contribution is 6.21. The molecule has 25 heavy (non-hydrogen) atoms. The Morgan fingerprint density at radius 1 is 1.12 bits per heavy atom. The van der Waals surface area contributed by atoms with Crippen molar-refractivity contribution in [3.05, 3.63) is 35.9 Å². The number of aliphatic hydroxyl groups is 2. The first kappa shape index (κ1) is 20.6. The molecule has 1 aromatic carbocycles. The predicted octanol–water partition coefficient (Wildman–Crippen LogP) is 2.00. The van der Waals surface area contributed by atoms with Gasteiger partial charge in [0.1, 0.15) is 12.2 Å². The molecule has 2 N–H and O–H groups in total. The molecule has 0 saturated carbocycles. The molecule has 3 saturated heterocycles. The van der Waals surface area contributed by atoms with Gasteiger partial charge in [0.2, 0.25) is 0 Å². The highest BCUT2D eigenvalue weighted by Gasteiger charge is 2.31. The van der Waals surface area contributed by atoms with Crippen LogP contribution in [-0.2, 0) is 24.7 Å². The Morgan fingerprint density at radius 2 is 1.56 bits per heavy atom. The van der Waals surface area contributed by atoms with E-state index >= 15 is 0 Å². The molecule has 0 aromatic heterocycles. The van der Waals surface area contributed by atoms with Gasteiger partial charge in [-0.25, -0.2) is 0 Å². The molecule has 4 atom stereocenters. The van der Waals surface area contributed by atoms with Crippen molar-refractivity contribution in [2.75, 3.05) is 26.4 Å². The molecule has 142 valence electrons. The van der Waals surface area contributed by atoms with Crippen LogP contribution in [0.1, 0.15) is 25.8 Å². The van der Waals surface area contributed by atoms with Crippen LogP contribution in [-0.4, -0.2) is 60.5 Å². The maximum Gasteiger partial charge on any atom is 0.189 e. The van der Waals surface area contributed by atoms with Gasteiger partial charge in [0.15, 0.2) is 11.4 Å². The number of ether oxygens (including phenoxy) is 4. The third kappa shape index (κ3) is 8.96. The largest absolute Gasteiger partial charge is 0.376 e. The topological polar surface area (TPSA) is 87.3 Å². The molecule has 4 unspecified atom stereocenters. The first-order valence-electron chi connectivity index (χ1n) is 8.53. The van der Waals surface area contributed by atoms with Gasteiger partial charge in [0, 0.05) is 12.0 Å². The summed E-state index contributed by atoms with van der Waals surface area (Å²) >= 11 is 5.31. The second kappa shape index (κ2) is 9.83. The standard InChI is InChI=1S/C9H12O2.C6H10O3.C3H5ClO/c1-2-9(10,11)8-6-4-3-5-7-8;1(5-3-8-5)7-2-6-4-9-6;1-2-3(4)5-2/h3-7,10-11H,2H2,1H3;5-6H,1-4H2;2-3H,1H3. The Balaban J connectivity index is 0.000000144. The van der Waals surface area contributed by atoms with E-state index in [-0.39, 0.29) is 5.56 Å². The van der Waals surface area contributed by atoms with Crippen LogP contribution in [0, 0.1) is 0 Å². The Morgan fingerprint density at radius 3 is 1.88 bits per heavy atom. The third-order valence-electron chi connectivity index (χ3n) is 3.78. The zero-order chi connectivity index (χ0) is 18.3. The van der Waals surface area contributed by atoms with Gasteiger partial charge in [-0.15, -0.1) is 0 Å². The van der Waals surface area contributed by atoms with Crippen molar-refractivity contribution in [1.82, 2.24) is 0 Å².